The summed E-state index contributed by atoms with van der Waals surface area (Å²) < 4.78 is 12.3. The smallest absolute Gasteiger partial charge is 0.294 e. The van der Waals surface area contributed by atoms with E-state index in [0.717, 1.165) is 31.4 Å². The lowest BCUT2D eigenvalue weighted by molar-refractivity contribution is -0.127. The van der Waals surface area contributed by atoms with Gasteiger partial charge in [-0.2, -0.15) is 0 Å². The second-order valence-electron chi connectivity index (χ2n) is 8.19. The zero-order chi connectivity index (χ0) is 27.4. The summed E-state index contributed by atoms with van der Waals surface area (Å²) in [7, 11) is 1.52. The van der Waals surface area contributed by atoms with Crippen molar-refractivity contribution in [3.05, 3.63) is 89.8 Å². The average molecular weight is 683 g/mol. The number of nitrogens with zero attached hydrogens (tertiary/aromatic N) is 1. The highest BCUT2D eigenvalue weighted by atomic mass is 127. The molecule has 196 valence electrons. The number of carbonyl (C=O) groups is 3. The Balaban J connectivity index is 1.48. The van der Waals surface area contributed by atoms with Gasteiger partial charge in [-0.15, -0.1) is 0 Å². The molecule has 3 amide bonds. The zero-order valence-corrected chi connectivity index (χ0v) is 24.7. The molecule has 3 aromatic carbocycles. The van der Waals surface area contributed by atoms with Gasteiger partial charge in [0.25, 0.3) is 11.1 Å². The normalized spacial score (nSPS) is 14.2. The van der Waals surface area contributed by atoms with Crippen molar-refractivity contribution in [2.75, 3.05) is 19.0 Å². The van der Waals surface area contributed by atoms with E-state index in [1.807, 2.05) is 31.2 Å². The summed E-state index contributed by atoms with van der Waals surface area (Å²) >= 11 is 15.1. The Morgan fingerprint density at radius 1 is 1.13 bits per heavy atom. The van der Waals surface area contributed by atoms with Crippen LogP contribution in [0.15, 0.2) is 59.5 Å². The van der Waals surface area contributed by atoms with E-state index >= 15 is 0 Å². The van der Waals surface area contributed by atoms with E-state index in [1.165, 1.54) is 7.11 Å². The van der Waals surface area contributed by atoms with E-state index < -0.39 is 23.6 Å². The molecule has 0 unspecified atom stereocenters. The highest BCUT2D eigenvalue weighted by molar-refractivity contribution is 14.1. The molecule has 1 heterocycles. The van der Waals surface area contributed by atoms with Gasteiger partial charge >= 0.3 is 0 Å². The number of thioether (sulfide) groups is 1. The summed E-state index contributed by atoms with van der Waals surface area (Å²) in [6.45, 7) is 1.66. The summed E-state index contributed by atoms with van der Waals surface area (Å²) in [6, 6.07) is 16.0. The minimum absolute atomic E-state index is 0.198. The van der Waals surface area contributed by atoms with Gasteiger partial charge in [-0.05, 0) is 88.8 Å². The maximum atomic E-state index is 13.0. The molecule has 0 radical (unpaired) electrons. The molecule has 0 atom stereocenters. The Hall–Kier alpha value is -2.73. The summed E-state index contributed by atoms with van der Waals surface area (Å²) in [5, 5.41) is 3.24. The van der Waals surface area contributed by atoms with Crippen molar-refractivity contribution in [2.24, 2.45) is 0 Å². The number of hydrogen-bond acceptors (Lipinski definition) is 6. The number of aryl methyl sites for hydroxylation is 1. The highest BCUT2D eigenvalue weighted by Gasteiger charge is 2.36. The van der Waals surface area contributed by atoms with E-state index in [0.29, 0.717) is 32.8 Å². The molecule has 4 rings (SSSR count). The first kappa shape index (κ1) is 28.3. The number of ether oxygens (including phenoxy) is 2. The maximum Gasteiger partial charge on any atom is 0.294 e. The Morgan fingerprint density at radius 3 is 2.63 bits per heavy atom. The van der Waals surface area contributed by atoms with Crippen molar-refractivity contribution in [1.82, 2.24) is 4.90 Å². The van der Waals surface area contributed by atoms with Crippen LogP contribution in [0.2, 0.25) is 10.0 Å². The third-order valence-electron chi connectivity index (χ3n) is 5.53. The summed E-state index contributed by atoms with van der Waals surface area (Å²) in [4.78, 5) is 39.2. The molecule has 1 aliphatic rings. The Bertz CT molecular complexity index is 1460. The molecule has 38 heavy (non-hydrogen) atoms. The number of methoxy groups -OCH3 is 1. The third-order valence-corrected chi connectivity index (χ3v) is 7.84. The van der Waals surface area contributed by atoms with Gasteiger partial charge in [-0.1, -0.05) is 47.5 Å². The average Bonchev–Trinajstić information content (AvgIpc) is 3.13. The number of benzene rings is 3. The number of carbonyl (C=O) groups excluding carboxylic acids is 3. The van der Waals surface area contributed by atoms with Gasteiger partial charge in [0.05, 0.1) is 15.6 Å². The van der Waals surface area contributed by atoms with Crippen LogP contribution in [0.3, 0.4) is 0 Å². The molecule has 1 aliphatic heterocycles. The van der Waals surface area contributed by atoms with E-state index in [4.69, 9.17) is 32.7 Å². The molecule has 0 spiro atoms. The van der Waals surface area contributed by atoms with Crippen molar-refractivity contribution in [2.45, 2.75) is 13.5 Å². The number of imide groups is 1. The predicted octanol–water partition coefficient (Wildman–Crippen LogP) is 7.17. The van der Waals surface area contributed by atoms with Gasteiger partial charge in [0, 0.05) is 21.3 Å². The fourth-order valence-electron chi connectivity index (χ4n) is 3.58. The monoisotopic (exact) mass is 682 g/mol. The molecule has 1 saturated heterocycles. The minimum atomic E-state index is -0.550. The topological polar surface area (TPSA) is 84.9 Å². The Labute approximate surface area is 247 Å². The highest BCUT2D eigenvalue weighted by Crippen LogP contribution is 2.38. The molecule has 0 saturated carbocycles. The molecule has 1 fully saturated rings. The fraction of sp³-hybridized carbons (Fsp3) is 0.148. The van der Waals surface area contributed by atoms with Crippen molar-refractivity contribution < 1.29 is 23.9 Å². The van der Waals surface area contributed by atoms with Crippen LogP contribution >= 0.6 is 57.6 Å². The SMILES string of the molecule is COc1cc(/C=C2/SC(=O)N(CC(=O)Nc3cc(Cl)ccc3C)C2=O)cc(I)c1OCc1ccccc1Cl. The molecule has 0 aliphatic carbocycles. The second-order valence-corrected chi connectivity index (χ2v) is 11.2. The van der Waals surface area contributed by atoms with Crippen LogP contribution < -0.4 is 14.8 Å². The van der Waals surface area contributed by atoms with Crippen LogP contribution in [-0.2, 0) is 16.2 Å². The fourth-order valence-corrected chi connectivity index (χ4v) is 5.56. The van der Waals surface area contributed by atoms with Crippen LogP contribution in [0.25, 0.3) is 6.08 Å². The molecular formula is C27H21Cl2IN2O5S. The van der Waals surface area contributed by atoms with Gasteiger partial charge in [0.2, 0.25) is 5.91 Å². The summed E-state index contributed by atoms with van der Waals surface area (Å²) in [5.74, 6) is -0.0573. The molecule has 7 nitrogen and oxygen atoms in total. The molecular weight excluding hydrogens is 662 g/mol. The van der Waals surface area contributed by atoms with Crippen LogP contribution in [-0.4, -0.2) is 35.6 Å². The molecule has 0 bridgehead atoms. The van der Waals surface area contributed by atoms with E-state index in [-0.39, 0.29) is 11.5 Å². The van der Waals surface area contributed by atoms with E-state index in [9.17, 15) is 14.4 Å². The third kappa shape index (κ3) is 6.63. The maximum absolute atomic E-state index is 13.0. The molecule has 0 aromatic heterocycles. The summed E-state index contributed by atoms with van der Waals surface area (Å²) in [5.41, 5.74) is 2.79. The number of nitrogens with one attached hydrogen (secondary N) is 1. The minimum Gasteiger partial charge on any atom is -0.493 e. The number of anilines is 1. The lowest BCUT2D eigenvalue weighted by Crippen LogP contribution is -2.36. The standard InChI is InChI=1S/C27H21Cl2IN2O5S/c1-15-7-8-18(28)12-21(15)31-24(33)13-32-26(34)23(38-27(32)35)11-16-9-20(30)25(22(10-16)36-2)37-14-17-5-3-4-6-19(17)29/h3-12H,13-14H2,1-2H3,(H,31,33)/b23-11+. The molecule has 3 aromatic rings. The van der Waals surface area contributed by atoms with Gasteiger partial charge in [-0.25, -0.2) is 0 Å². The van der Waals surface area contributed by atoms with Crippen molar-refractivity contribution >= 4 is 86.4 Å². The van der Waals surface area contributed by atoms with Crippen molar-refractivity contribution in [3.8, 4) is 11.5 Å². The second kappa shape index (κ2) is 12.4. The van der Waals surface area contributed by atoms with E-state index in [1.54, 1.807) is 36.4 Å². The van der Waals surface area contributed by atoms with Crippen molar-refractivity contribution in [3.63, 3.8) is 0 Å². The largest absolute Gasteiger partial charge is 0.493 e. The molecule has 1 N–H and O–H groups in total. The zero-order valence-electron chi connectivity index (χ0n) is 20.2. The van der Waals surface area contributed by atoms with Crippen LogP contribution in [0.5, 0.6) is 11.5 Å². The first-order chi connectivity index (χ1) is 18.2. The van der Waals surface area contributed by atoms with E-state index in [2.05, 4.69) is 27.9 Å². The first-order valence-corrected chi connectivity index (χ1v) is 13.9. The number of rotatable bonds is 8. The Kier molecular flexibility index (Phi) is 9.24. The van der Waals surface area contributed by atoms with Gasteiger partial charge in [-0.3, -0.25) is 19.3 Å². The quantitative estimate of drug-likeness (QED) is 0.200. The number of amides is 3. The van der Waals surface area contributed by atoms with Gasteiger partial charge in [0.1, 0.15) is 13.2 Å². The van der Waals surface area contributed by atoms with Gasteiger partial charge in [0.15, 0.2) is 11.5 Å². The van der Waals surface area contributed by atoms with Crippen molar-refractivity contribution in [1.29, 1.82) is 0 Å². The lowest BCUT2D eigenvalue weighted by atomic mass is 10.1. The van der Waals surface area contributed by atoms with Crippen LogP contribution in [0.4, 0.5) is 10.5 Å². The Morgan fingerprint density at radius 2 is 1.89 bits per heavy atom. The molecule has 11 heteroatoms. The first-order valence-electron chi connectivity index (χ1n) is 11.2. The predicted molar refractivity (Wildman–Crippen MR) is 159 cm³/mol. The number of hydrogen-bond donors (Lipinski definition) is 1. The van der Waals surface area contributed by atoms with Crippen LogP contribution in [0.1, 0.15) is 16.7 Å². The van der Waals surface area contributed by atoms with Crippen LogP contribution in [0, 0.1) is 10.5 Å². The summed E-state index contributed by atoms with van der Waals surface area (Å²) in [6.07, 6.45) is 1.59. The number of halogens is 3. The lowest BCUT2D eigenvalue weighted by Gasteiger charge is -2.14. The van der Waals surface area contributed by atoms with Gasteiger partial charge < -0.3 is 14.8 Å².